The number of ether oxygens (including phenoxy) is 1. The van der Waals surface area contributed by atoms with Gasteiger partial charge in [-0.15, -0.1) is 0 Å². The van der Waals surface area contributed by atoms with Crippen molar-refractivity contribution >= 4 is 15.9 Å². The first kappa shape index (κ1) is 18.7. The lowest BCUT2D eigenvalue weighted by Gasteiger charge is -2.39. The maximum atomic E-state index is 13.2. The molecule has 0 saturated carbocycles. The fourth-order valence-electron chi connectivity index (χ4n) is 4.85. The number of sulfonamides is 1. The van der Waals surface area contributed by atoms with Crippen molar-refractivity contribution in [3.8, 4) is 0 Å². The van der Waals surface area contributed by atoms with Crippen LogP contribution in [-0.4, -0.2) is 65.1 Å². The number of morpholine rings is 1. The number of rotatable bonds is 4. The maximum absolute atomic E-state index is 13.2. The number of hydrogen-bond donors (Lipinski definition) is 0. The van der Waals surface area contributed by atoms with Gasteiger partial charge in [-0.3, -0.25) is 9.78 Å². The van der Waals surface area contributed by atoms with Crippen molar-refractivity contribution in [2.75, 3.05) is 19.6 Å². The fourth-order valence-corrected chi connectivity index (χ4v) is 7.15. The second kappa shape index (κ2) is 6.90. The molecule has 0 unspecified atom stereocenters. The molecule has 1 aromatic heterocycles. The van der Waals surface area contributed by atoms with Gasteiger partial charge in [0.05, 0.1) is 19.1 Å². The Morgan fingerprint density at radius 1 is 1.10 bits per heavy atom. The summed E-state index contributed by atoms with van der Waals surface area (Å²) >= 11 is 0. The minimum absolute atomic E-state index is 0.0227. The zero-order chi connectivity index (χ0) is 20.1. The molecule has 0 N–H and O–H groups in total. The Hall–Kier alpha value is -2.29. The van der Waals surface area contributed by atoms with Crippen LogP contribution in [-0.2, 0) is 32.5 Å². The standard InChI is InChI=1S/C21H23N3O4S/c25-20(10-16-4-2-1-3-5-16)23-13-18-11-19-21(14-23,28-18)15-24(29(19,26)27)12-17-6-8-22-9-7-17/h1-9,18-19H,10-15H2/t18-,19+,21+/m1/s1. The Balaban J connectivity index is 1.36. The van der Waals surface area contributed by atoms with Crippen LogP contribution in [0.25, 0.3) is 0 Å². The number of likely N-dealkylation sites (tertiary alicyclic amines) is 1. The summed E-state index contributed by atoms with van der Waals surface area (Å²) in [5.74, 6) is 0.0227. The number of aromatic nitrogens is 1. The molecular formula is C21H23N3O4S. The van der Waals surface area contributed by atoms with Crippen LogP contribution in [0.2, 0.25) is 0 Å². The minimum Gasteiger partial charge on any atom is -0.365 e. The normalized spacial score (nSPS) is 30.3. The topological polar surface area (TPSA) is 79.8 Å². The number of fused-ring (bicyclic) bond motifs is 1. The molecule has 1 aromatic carbocycles. The molecule has 29 heavy (non-hydrogen) atoms. The van der Waals surface area contributed by atoms with Crippen LogP contribution >= 0.6 is 0 Å². The average molecular weight is 413 g/mol. The van der Waals surface area contributed by atoms with Gasteiger partial charge in [0.25, 0.3) is 0 Å². The molecule has 5 rings (SSSR count). The van der Waals surface area contributed by atoms with Crippen LogP contribution < -0.4 is 0 Å². The first-order valence-corrected chi connectivity index (χ1v) is 11.3. The van der Waals surface area contributed by atoms with Crippen LogP contribution in [0.5, 0.6) is 0 Å². The van der Waals surface area contributed by atoms with Gasteiger partial charge in [0.1, 0.15) is 10.9 Å². The van der Waals surface area contributed by atoms with E-state index in [1.54, 1.807) is 17.3 Å². The third kappa shape index (κ3) is 3.25. The molecule has 8 heteroatoms. The molecule has 152 valence electrons. The highest BCUT2D eigenvalue weighted by Crippen LogP contribution is 2.47. The quantitative estimate of drug-likeness (QED) is 0.753. The SMILES string of the molecule is O=C(Cc1ccccc1)N1C[C@H]2C[C@H]3[C@](C1)(CN(Cc1ccncc1)S3(=O)=O)O2. The van der Waals surface area contributed by atoms with E-state index in [1.807, 2.05) is 42.5 Å². The van der Waals surface area contributed by atoms with E-state index in [0.717, 1.165) is 11.1 Å². The molecule has 2 aromatic rings. The van der Waals surface area contributed by atoms with Crippen LogP contribution in [0, 0.1) is 0 Å². The molecule has 3 aliphatic rings. The summed E-state index contributed by atoms with van der Waals surface area (Å²) in [5, 5.41) is -0.587. The molecule has 7 nitrogen and oxygen atoms in total. The third-order valence-electron chi connectivity index (χ3n) is 6.17. The van der Waals surface area contributed by atoms with E-state index >= 15 is 0 Å². The largest absolute Gasteiger partial charge is 0.365 e. The number of carbonyl (C=O) groups is 1. The van der Waals surface area contributed by atoms with Crippen molar-refractivity contribution in [3.05, 3.63) is 66.0 Å². The summed E-state index contributed by atoms with van der Waals surface area (Å²) in [4.78, 5) is 18.7. The predicted octanol–water partition coefficient (Wildman–Crippen LogP) is 1.21. The molecule has 3 saturated heterocycles. The number of pyridine rings is 1. The van der Waals surface area contributed by atoms with E-state index in [1.165, 1.54) is 4.31 Å². The lowest BCUT2D eigenvalue weighted by molar-refractivity contribution is -0.150. The van der Waals surface area contributed by atoms with Gasteiger partial charge in [-0.05, 0) is 29.7 Å². The zero-order valence-corrected chi connectivity index (χ0v) is 16.8. The first-order valence-electron chi connectivity index (χ1n) is 9.84. The second-order valence-corrected chi connectivity index (χ2v) is 10.2. The lowest BCUT2D eigenvalue weighted by Crippen LogP contribution is -2.56. The molecule has 0 aliphatic carbocycles. The predicted molar refractivity (Wildman–Crippen MR) is 106 cm³/mol. The highest BCUT2D eigenvalue weighted by Gasteiger charge is 2.65. The Labute approximate surface area is 170 Å². The molecule has 1 spiro atoms. The van der Waals surface area contributed by atoms with Gasteiger partial charge >= 0.3 is 0 Å². The molecule has 3 atom stereocenters. The van der Waals surface area contributed by atoms with Crippen molar-refractivity contribution in [2.24, 2.45) is 0 Å². The van der Waals surface area contributed by atoms with Gasteiger partial charge in [-0.1, -0.05) is 30.3 Å². The number of nitrogens with zero attached hydrogens (tertiary/aromatic N) is 3. The zero-order valence-electron chi connectivity index (χ0n) is 16.0. The average Bonchev–Trinajstić information content (AvgIpc) is 3.08. The summed E-state index contributed by atoms with van der Waals surface area (Å²) in [6.45, 7) is 1.37. The van der Waals surface area contributed by atoms with E-state index < -0.39 is 20.9 Å². The van der Waals surface area contributed by atoms with Crippen LogP contribution in [0.3, 0.4) is 0 Å². The number of hydrogen-bond acceptors (Lipinski definition) is 5. The second-order valence-electron chi connectivity index (χ2n) is 8.13. The summed E-state index contributed by atoms with van der Waals surface area (Å²) in [7, 11) is -3.48. The Morgan fingerprint density at radius 2 is 1.86 bits per heavy atom. The van der Waals surface area contributed by atoms with Crippen molar-refractivity contribution < 1.29 is 17.9 Å². The first-order chi connectivity index (χ1) is 14.0. The summed E-state index contributed by atoms with van der Waals surface area (Å²) in [5.41, 5.74) is 1.02. The van der Waals surface area contributed by atoms with E-state index in [0.29, 0.717) is 32.5 Å². The highest BCUT2D eigenvalue weighted by molar-refractivity contribution is 7.90. The summed E-state index contributed by atoms with van der Waals surface area (Å²) in [6.07, 6.45) is 3.88. The molecule has 0 radical (unpaired) electrons. The molecule has 3 aliphatic heterocycles. The van der Waals surface area contributed by atoms with Gasteiger partial charge in [0.15, 0.2) is 0 Å². The van der Waals surface area contributed by atoms with Gasteiger partial charge in [0, 0.05) is 32.0 Å². The molecule has 3 fully saturated rings. The van der Waals surface area contributed by atoms with E-state index in [4.69, 9.17) is 4.74 Å². The van der Waals surface area contributed by atoms with E-state index in [-0.39, 0.29) is 18.6 Å². The summed E-state index contributed by atoms with van der Waals surface area (Å²) in [6, 6.07) is 13.3. The van der Waals surface area contributed by atoms with Crippen molar-refractivity contribution in [1.29, 1.82) is 0 Å². The van der Waals surface area contributed by atoms with Crippen LogP contribution in [0.15, 0.2) is 54.9 Å². The van der Waals surface area contributed by atoms with E-state index in [9.17, 15) is 13.2 Å². The number of carbonyl (C=O) groups excluding carboxylic acids is 1. The molecule has 1 amide bonds. The minimum atomic E-state index is -3.48. The molecule has 2 bridgehead atoms. The Kier molecular flexibility index (Phi) is 4.45. The van der Waals surface area contributed by atoms with Crippen molar-refractivity contribution in [2.45, 2.75) is 36.3 Å². The van der Waals surface area contributed by atoms with Crippen LogP contribution in [0.4, 0.5) is 0 Å². The van der Waals surface area contributed by atoms with Gasteiger partial charge in [0.2, 0.25) is 15.9 Å². The van der Waals surface area contributed by atoms with Crippen molar-refractivity contribution in [3.63, 3.8) is 0 Å². The maximum Gasteiger partial charge on any atom is 0.227 e. The fraction of sp³-hybridized carbons (Fsp3) is 0.429. The molecular weight excluding hydrogens is 390 g/mol. The number of benzene rings is 1. The molecule has 4 heterocycles. The van der Waals surface area contributed by atoms with Crippen molar-refractivity contribution in [1.82, 2.24) is 14.2 Å². The Bertz CT molecular complexity index is 1010. The smallest absolute Gasteiger partial charge is 0.227 e. The summed E-state index contributed by atoms with van der Waals surface area (Å²) < 4.78 is 34.1. The highest BCUT2D eigenvalue weighted by atomic mass is 32.2. The van der Waals surface area contributed by atoms with Crippen LogP contribution in [0.1, 0.15) is 17.5 Å². The lowest BCUT2D eigenvalue weighted by atomic mass is 9.99. The number of amides is 1. The third-order valence-corrected chi connectivity index (χ3v) is 8.49. The van der Waals surface area contributed by atoms with E-state index in [2.05, 4.69) is 4.98 Å². The van der Waals surface area contributed by atoms with Gasteiger partial charge in [-0.25, -0.2) is 8.42 Å². The van der Waals surface area contributed by atoms with Gasteiger partial charge < -0.3 is 9.64 Å². The van der Waals surface area contributed by atoms with Gasteiger partial charge in [-0.2, -0.15) is 4.31 Å². The monoisotopic (exact) mass is 413 g/mol. The Morgan fingerprint density at radius 3 is 2.62 bits per heavy atom.